The van der Waals surface area contributed by atoms with Crippen LogP contribution in [-0.4, -0.2) is 32.5 Å². The van der Waals surface area contributed by atoms with Crippen LogP contribution < -0.4 is 19.9 Å². The van der Waals surface area contributed by atoms with Crippen molar-refractivity contribution in [1.29, 1.82) is 0 Å². The Morgan fingerprint density at radius 2 is 1.69 bits per heavy atom. The summed E-state index contributed by atoms with van der Waals surface area (Å²) in [5.74, 6) is 0.802. The molecule has 2 aromatic carbocycles. The topological polar surface area (TPSA) is 121 Å². The average Bonchev–Trinajstić information content (AvgIpc) is 2.79. The lowest BCUT2D eigenvalue weighted by atomic mass is 10.1. The van der Waals surface area contributed by atoms with Crippen LogP contribution in [0.1, 0.15) is 28.4 Å². The molecule has 3 N–H and O–H groups in total. The third kappa shape index (κ3) is 6.53. The predicted octanol–water partition coefficient (Wildman–Crippen LogP) is 2.68. The van der Waals surface area contributed by atoms with E-state index in [1.54, 1.807) is 42.7 Å². The standard InChI is InChI=1S/C23H25N3O5S/c1-2-30-22-15-19(5-8-21(22)31-16-18-9-12-25-13-10-18)23(27)26-14-11-17-3-6-20(7-4-17)32(24,28)29/h3-10,12-13,15H,2,11,14,16H2,1H3,(H,26,27)(H2,24,28,29). The van der Waals surface area contributed by atoms with E-state index in [0.717, 1.165) is 11.1 Å². The number of nitrogens with one attached hydrogen (secondary N) is 1. The molecule has 0 aliphatic heterocycles. The molecule has 1 heterocycles. The Hall–Kier alpha value is -3.43. The van der Waals surface area contributed by atoms with E-state index in [1.807, 2.05) is 19.1 Å². The van der Waals surface area contributed by atoms with Crippen molar-refractivity contribution in [3.63, 3.8) is 0 Å². The zero-order valence-corrected chi connectivity index (χ0v) is 18.5. The molecule has 0 atom stereocenters. The Morgan fingerprint density at radius 1 is 0.969 bits per heavy atom. The molecule has 0 radical (unpaired) electrons. The normalized spacial score (nSPS) is 11.1. The SMILES string of the molecule is CCOc1cc(C(=O)NCCc2ccc(S(N)(=O)=O)cc2)ccc1OCc1ccncc1. The molecule has 3 aromatic rings. The van der Waals surface area contributed by atoms with Crippen LogP contribution in [0.4, 0.5) is 0 Å². The van der Waals surface area contributed by atoms with Gasteiger partial charge in [0, 0.05) is 24.5 Å². The van der Waals surface area contributed by atoms with Crippen LogP contribution in [0.5, 0.6) is 11.5 Å². The lowest BCUT2D eigenvalue weighted by Crippen LogP contribution is -2.25. The van der Waals surface area contributed by atoms with Gasteiger partial charge in [-0.25, -0.2) is 13.6 Å². The first-order chi connectivity index (χ1) is 15.4. The number of primary sulfonamides is 1. The van der Waals surface area contributed by atoms with E-state index in [4.69, 9.17) is 14.6 Å². The number of sulfonamides is 1. The second kappa shape index (κ2) is 10.7. The minimum absolute atomic E-state index is 0.0555. The van der Waals surface area contributed by atoms with Gasteiger partial charge in [-0.15, -0.1) is 0 Å². The Labute approximate surface area is 187 Å². The summed E-state index contributed by atoms with van der Waals surface area (Å²) in [5, 5.41) is 7.95. The molecular weight excluding hydrogens is 430 g/mol. The van der Waals surface area contributed by atoms with Crippen molar-refractivity contribution in [2.45, 2.75) is 24.8 Å². The fourth-order valence-corrected chi connectivity index (χ4v) is 3.46. The molecule has 0 aliphatic carbocycles. The number of nitrogens with zero attached hydrogens (tertiary/aromatic N) is 1. The van der Waals surface area contributed by atoms with Crippen LogP contribution in [-0.2, 0) is 23.1 Å². The largest absolute Gasteiger partial charge is 0.490 e. The highest BCUT2D eigenvalue weighted by atomic mass is 32.2. The van der Waals surface area contributed by atoms with Gasteiger partial charge in [0.25, 0.3) is 5.91 Å². The number of rotatable bonds is 10. The molecule has 0 fully saturated rings. The Bertz CT molecular complexity index is 1150. The van der Waals surface area contributed by atoms with Crippen molar-refractivity contribution >= 4 is 15.9 Å². The second-order valence-electron chi connectivity index (χ2n) is 6.93. The van der Waals surface area contributed by atoms with Crippen molar-refractivity contribution in [2.24, 2.45) is 5.14 Å². The smallest absolute Gasteiger partial charge is 0.251 e. The maximum atomic E-state index is 12.6. The highest BCUT2D eigenvalue weighted by molar-refractivity contribution is 7.89. The summed E-state index contributed by atoms with van der Waals surface area (Å²) >= 11 is 0. The van der Waals surface area contributed by atoms with Crippen molar-refractivity contribution in [3.8, 4) is 11.5 Å². The summed E-state index contributed by atoms with van der Waals surface area (Å²) in [7, 11) is -3.72. The van der Waals surface area contributed by atoms with Gasteiger partial charge in [0.2, 0.25) is 10.0 Å². The van der Waals surface area contributed by atoms with Crippen LogP contribution in [0.25, 0.3) is 0 Å². The third-order valence-electron chi connectivity index (χ3n) is 4.60. The summed E-state index contributed by atoms with van der Waals surface area (Å²) < 4.78 is 34.1. The summed E-state index contributed by atoms with van der Waals surface area (Å²) in [5.41, 5.74) is 2.31. The number of nitrogens with two attached hydrogens (primary N) is 1. The highest BCUT2D eigenvalue weighted by Gasteiger charge is 2.12. The van der Waals surface area contributed by atoms with Gasteiger partial charge in [-0.2, -0.15) is 0 Å². The number of pyridine rings is 1. The molecule has 1 amide bonds. The maximum absolute atomic E-state index is 12.6. The van der Waals surface area contributed by atoms with E-state index in [1.165, 1.54) is 12.1 Å². The first-order valence-electron chi connectivity index (χ1n) is 10.1. The summed E-state index contributed by atoms with van der Waals surface area (Å²) in [6.45, 7) is 3.04. The molecule has 0 saturated carbocycles. The molecule has 9 heteroatoms. The molecular formula is C23H25N3O5S. The molecule has 32 heavy (non-hydrogen) atoms. The fraction of sp³-hybridized carbons (Fsp3) is 0.217. The minimum atomic E-state index is -3.72. The van der Waals surface area contributed by atoms with Crippen LogP contribution in [0.15, 0.2) is 71.9 Å². The van der Waals surface area contributed by atoms with E-state index in [9.17, 15) is 13.2 Å². The molecule has 0 spiro atoms. The number of amides is 1. The summed E-state index contributed by atoms with van der Waals surface area (Å²) in [4.78, 5) is 16.6. The van der Waals surface area contributed by atoms with Gasteiger partial charge in [0.1, 0.15) is 6.61 Å². The van der Waals surface area contributed by atoms with E-state index in [0.29, 0.717) is 43.2 Å². The Kier molecular flexibility index (Phi) is 7.80. The first-order valence-corrected chi connectivity index (χ1v) is 11.6. The first kappa shape index (κ1) is 23.2. The van der Waals surface area contributed by atoms with E-state index in [2.05, 4.69) is 10.3 Å². The number of hydrogen-bond acceptors (Lipinski definition) is 6. The van der Waals surface area contributed by atoms with Crippen molar-refractivity contribution in [2.75, 3.05) is 13.2 Å². The highest BCUT2D eigenvalue weighted by Crippen LogP contribution is 2.29. The minimum Gasteiger partial charge on any atom is -0.490 e. The monoisotopic (exact) mass is 455 g/mol. The van der Waals surface area contributed by atoms with Gasteiger partial charge in [-0.3, -0.25) is 9.78 Å². The number of hydrogen-bond donors (Lipinski definition) is 2. The van der Waals surface area contributed by atoms with E-state index in [-0.39, 0.29) is 10.8 Å². The molecule has 0 aliphatic rings. The van der Waals surface area contributed by atoms with Gasteiger partial charge in [-0.05, 0) is 66.9 Å². The lowest BCUT2D eigenvalue weighted by Gasteiger charge is -2.13. The molecule has 8 nitrogen and oxygen atoms in total. The summed E-state index contributed by atoms with van der Waals surface area (Å²) in [6.07, 6.45) is 3.94. The van der Waals surface area contributed by atoms with Crippen LogP contribution in [0.2, 0.25) is 0 Å². The lowest BCUT2D eigenvalue weighted by molar-refractivity contribution is 0.0953. The van der Waals surface area contributed by atoms with Crippen molar-refractivity contribution in [1.82, 2.24) is 10.3 Å². The second-order valence-corrected chi connectivity index (χ2v) is 8.49. The van der Waals surface area contributed by atoms with Gasteiger partial charge < -0.3 is 14.8 Å². The Morgan fingerprint density at radius 3 is 2.34 bits per heavy atom. The predicted molar refractivity (Wildman–Crippen MR) is 120 cm³/mol. The zero-order chi connectivity index (χ0) is 23.0. The van der Waals surface area contributed by atoms with E-state index >= 15 is 0 Å². The fourth-order valence-electron chi connectivity index (χ4n) is 2.95. The molecule has 0 bridgehead atoms. The number of aromatic nitrogens is 1. The number of carbonyl (C=O) groups is 1. The molecule has 168 valence electrons. The third-order valence-corrected chi connectivity index (χ3v) is 5.53. The zero-order valence-electron chi connectivity index (χ0n) is 17.7. The molecule has 1 aromatic heterocycles. The number of ether oxygens (including phenoxy) is 2. The number of carbonyl (C=O) groups excluding carboxylic acids is 1. The van der Waals surface area contributed by atoms with Crippen molar-refractivity contribution in [3.05, 3.63) is 83.7 Å². The van der Waals surface area contributed by atoms with Crippen LogP contribution in [0.3, 0.4) is 0 Å². The Balaban J connectivity index is 1.59. The number of benzene rings is 2. The van der Waals surface area contributed by atoms with Crippen LogP contribution in [0, 0.1) is 0 Å². The maximum Gasteiger partial charge on any atom is 0.251 e. The van der Waals surface area contributed by atoms with Crippen LogP contribution >= 0.6 is 0 Å². The quantitative estimate of drug-likeness (QED) is 0.485. The average molecular weight is 456 g/mol. The van der Waals surface area contributed by atoms with E-state index < -0.39 is 10.0 Å². The molecule has 3 rings (SSSR count). The molecule has 0 saturated heterocycles. The van der Waals surface area contributed by atoms with Gasteiger partial charge in [0.05, 0.1) is 11.5 Å². The van der Waals surface area contributed by atoms with Gasteiger partial charge >= 0.3 is 0 Å². The summed E-state index contributed by atoms with van der Waals surface area (Å²) in [6, 6.07) is 15.0. The van der Waals surface area contributed by atoms with Crippen molar-refractivity contribution < 1.29 is 22.7 Å². The molecule has 0 unspecified atom stereocenters. The van der Waals surface area contributed by atoms with Gasteiger partial charge in [0.15, 0.2) is 11.5 Å². The van der Waals surface area contributed by atoms with Gasteiger partial charge in [-0.1, -0.05) is 12.1 Å².